The molecule has 0 aliphatic rings. The Morgan fingerprint density at radius 3 is 2.78 bits per heavy atom. The molecule has 0 atom stereocenters. The van der Waals surface area contributed by atoms with E-state index in [0.717, 1.165) is 18.3 Å². The van der Waals surface area contributed by atoms with Gasteiger partial charge in [-0.1, -0.05) is 0 Å². The molecule has 0 amide bonds. The number of aromatic nitrogens is 3. The number of fused-ring (bicyclic) bond motifs is 1. The fourth-order valence-corrected chi connectivity index (χ4v) is 1.43. The highest BCUT2D eigenvalue weighted by molar-refractivity contribution is 5.66. The summed E-state index contributed by atoms with van der Waals surface area (Å²) in [4.78, 5) is 14.2. The minimum absolute atomic E-state index is 0.0465. The van der Waals surface area contributed by atoms with Gasteiger partial charge in [-0.25, -0.2) is 9.50 Å². The molecule has 5 nitrogen and oxygen atoms in total. The maximum atomic E-state index is 12.4. The van der Waals surface area contributed by atoms with Gasteiger partial charge in [-0.3, -0.25) is 4.79 Å². The van der Waals surface area contributed by atoms with Crippen molar-refractivity contribution in [2.45, 2.75) is 19.0 Å². The molecule has 2 rings (SSSR count). The highest BCUT2D eigenvalue weighted by atomic mass is 19.4. The molecule has 0 spiro atoms. The third kappa shape index (κ3) is 2.58. The summed E-state index contributed by atoms with van der Waals surface area (Å²) in [6.45, 7) is 0. The van der Waals surface area contributed by atoms with Gasteiger partial charge in [0.1, 0.15) is 0 Å². The first kappa shape index (κ1) is 12.3. The van der Waals surface area contributed by atoms with E-state index in [1.807, 2.05) is 0 Å². The fraction of sp³-hybridized carbons (Fsp3) is 0.300. The molecule has 0 radical (unpaired) electrons. The van der Waals surface area contributed by atoms with E-state index in [0.29, 0.717) is 0 Å². The van der Waals surface area contributed by atoms with Gasteiger partial charge in [0.05, 0.1) is 12.0 Å². The first-order valence-corrected chi connectivity index (χ1v) is 5.00. The standard InChI is InChI=1S/C10H8F3N3O2/c11-10(12,13)6-3-4-16-8(5-6)14-7(15-16)1-2-9(17)18/h3-5H,1-2H2,(H,17,18). The number of hydrogen-bond donors (Lipinski definition) is 1. The molecule has 2 aromatic heterocycles. The van der Waals surface area contributed by atoms with Gasteiger partial charge < -0.3 is 5.11 Å². The van der Waals surface area contributed by atoms with Crippen molar-refractivity contribution in [3.05, 3.63) is 29.7 Å². The minimum Gasteiger partial charge on any atom is -0.481 e. The van der Waals surface area contributed by atoms with Gasteiger partial charge in [0.15, 0.2) is 11.5 Å². The van der Waals surface area contributed by atoms with E-state index in [4.69, 9.17) is 5.11 Å². The number of pyridine rings is 1. The normalized spacial score (nSPS) is 11.9. The van der Waals surface area contributed by atoms with Crippen LogP contribution in [-0.2, 0) is 17.4 Å². The first-order chi connectivity index (χ1) is 8.36. The summed E-state index contributed by atoms with van der Waals surface area (Å²) in [5.41, 5.74) is -0.766. The van der Waals surface area contributed by atoms with Crippen molar-refractivity contribution in [2.24, 2.45) is 0 Å². The van der Waals surface area contributed by atoms with Crippen LogP contribution < -0.4 is 0 Å². The van der Waals surface area contributed by atoms with E-state index in [9.17, 15) is 18.0 Å². The lowest BCUT2D eigenvalue weighted by atomic mass is 10.2. The van der Waals surface area contributed by atoms with Crippen LogP contribution in [0, 0.1) is 0 Å². The second-order valence-electron chi connectivity index (χ2n) is 3.64. The number of alkyl halides is 3. The van der Waals surface area contributed by atoms with Crippen molar-refractivity contribution in [2.75, 3.05) is 0 Å². The van der Waals surface area contributed by atoms with E-state index in [1.54, 1.807) is 0 Å². The Bertz CT molecular complexity index is 592. The molecule has 0 fully saturated rings. The highest BCUT2D eigenvalue weighted by Gasteiger charge is 2.30. The number of halogens is 3. The lowest BCUT2D eigenvalue weighted by Gasteiger charge is -2.05. The van der Waals surface area contributed by atoms with Gasteiger partial charge in [0.25, 0.3) is 0 Å². The Balaban J connectivity index is 2.31. The summed E-state index contributed by atoms with van der Waals surface area (Å²) in [6.07, 6.45) is -3.37. The average molecular weight is 259 g/mol. The molecule has 0 unspecified atom stereocenters. The Kier molecular flexibility index (Phi) is 2.93. The van der Waals surface area contributed by atoms with Crippen molar-refractivity contribution in [3.63, 3.8) is 0 Å². The Labute approximate surface area is 98.9 Å². The number of carboxylic acid groups (broad SMARTS) is 1. The molecule has 0 bridgehead atoms. The number of aliphatic carboxylic acids is 1. The van der Waals surface area contributed by atoms with Gasteiger partial charge in [-0.15, -0.1) is 0 Å². The predicted molar refractivity (Wildman–Crippen MR) is 53.9 cm³/mol. The molecule has 96 valence electrons. The third-order valence-corrected chi connectivity index (χ3v) is 2.27. The first-order valence-electron chi connectivity index (χ1n) is 5.00. The van der Waals surface area contributed by atoms with E-state index < -0.39 is 17.7 Å². The topological polar surface area (TPSA) is 67.5 Å². The quantitative estimate of drug-likeness (QED) is 0.912. The zero-order valence-corrected chi connectivity index (χ0v) is 8.98. The second-order valence-corrected chi connectivity index (χ2v) is 3.64. The Hall–Kier alpha value is -2.12. The SMILES string of the molecule is O=C(O)CCc1nc2cc(C(F)(F)F)ccn2n1. The van der Waals surface area contributed by atoms with Crippen LogP contribution in [0.1, 0.15) is 17.8 Å². The summed E-state index contributed by atoms with van der Waals surface area (Å²) in [5.74, 6) is -0.804. The molecule has 0 aliphatic carbocycles. The number of carbonyl (C=O) groups is 1. The van der Waals surface area contributed by atoms with Crippen molar-refractivity contribution in [3.8, 4) is 0 Å². The monoisotopic (exact) mass is 259 g/mol. The number of aryl methyl sites for hydroxylation is 1. The van der Waals surface area contributed by atoms with Crippen molar-refractivity contribution in [1.82, 2.24) is 14.6 Å². The Morgan fingerprint density at radius 1 is 1.44 bits per heavy atom. The summed E-state index contributed by atoms with van der Waals surface area (Å²) in [5, 5.41) is 12.4. The van der Waals surface area contributed by atoms with Gasteiger partial charge in [0.2, 0.25) is 0 Å². The molecule has 0 aromatic carbocycles. The molecule has 0 saturated heterocycles. The summed E-state index contributed by atoms with van der Waals surface area (Å²) < 4.78 is 38.5. The van der Waals surface area contributed by atoms with Gasteiger partial charge in [-0.05, 0) is 12.1 Å². The Morgan fingerprint density at radius 2 is 2.17 bits per heavy atom. The van der Waals surface area contributed by atoms with Crippen LogP contribution >= 0.6 is 0 Å². The molecule has 2 heterocycles. The van der Waals surface area contributed by atoms with Crippen molar-refractivity contribution < 1.29 is 23.1 Å². The zero-order valence-electron chi connectivity index (χ0n) is 8.98. The van der Waals surface area contributed by atoms with Crippen LogP contribution in [0.2, 0.25) is 0 Å². The molecule has 1 N–H and O–H groups in total. The van der Waals surface area contributed by atoms with Crippen LogP contribution in [0.25, 0.3) is 5.65 Å². The summed E-state index contributed by atoms with van der Waals surface area (Å²) in [7, 11) is 0. The number of nitrogens with zero attached hydrogens (tertiary/aromatic N) is 3. The van der Waals surface area contributed by atoms with Crippen LogP contribution in [0.15, 0.2) is 18.3 Å². The predicted octanol–water partition coefficient (Wildman–Crippen LogP) is 1.77. The molecule has 2 aromatic rings. The fourth-order valence-electron chi connectivity index (χ4n) is 1.43. The molecular formula is C10H8F3N3O2. The maximum Gasteiger partial charge on any atom is 0.416 e. The van der Waals surface area contributed by atoms with Crippen LogP contribution in [0.3, 0.4) is 0 Å². The van der Waals surface area contributed by atoms with Crippen LogP contribution in [0.5, 0.6) is 0 Å². The van der Waals surface area contributed by atoms with Crippen LogP contribution in [0.4, 0.5) is 13.2 Å². The zero-order chi connectivity index (χ0) is 13.3. The number of rotatable bonds is 3. The van der Waals surface area contributed by atoms with Gasteiger partial charge in [0, 0.05) is 12.6 Å². The van der Waals surface area contributed by atoms with Crippen molar-refractivity contribution >= 4 is 11.6 Å². The van der Waals surface area contributed by atoms with E-state index in [1.165, 1.54) is 4.52 Å². The molecular weight excluding hydrogens is 251 g/mol. The number of hydrogen-bond acceptors (Lipinski definition) is 3. The maximum absolute atomic E-state index is 12.4. The highest BCUT2D eigenvalue weighted by Crippen LogP contribution is 2.29. The van der Waals surface area contributed by atoms with E-state index >= 15 is 0 Å². The average Bonchev–Trinajstić information content (AvgIpc) is 2.66. The molecule has 0 aliphatic heterocycles. The summed E-state index contributed by atoms with van der Waals surface area (Å²) >= 11 is 0. The van der Waals surface area contributed by atoms with E-state index in [-0.39, 0.29) is 24.3 Å². The van der Waals surface area contributed by atoms with Crippen LogP contribution in [-0.4, -0.2) is 25.7 Å². The minimum atomic E-state index is -4.44. The lowest BCUT2D eigenvalue weighted by Crippen LogP contribution is -2.05. The number of carboxylic acids is 1. The molecule has 18 heavy (non-hydrogen) atoms. The molecule has 8 heteroatoms. The molecule has 0 saturated carbocycles. The van der Waals surface area contributed by atoms with Crippen molar-refractivity contribution in [1.29, 1.82) is 0 Å². The second kappa shape index (κ2) is 4.28. The van der Waals surface area contributed by atoms with Gasteiger partial charge >= 0.3 is 12.1 Å². The third-order valence-electron chi connectivity index (χ3n) is 2.27. The smallest absolute Gasteiger partial charge is 0.416 e. The summed E-state index contributed by atoms with van der Waals surface area (Å²) in [6, 6.07) is 1.76. The van der Waals surface area contributed by atoms with Gasteiger partial charge in [-0.2, -0.15) is 18.3 Å². The largest absolute Gasteiger partial charge is 0.481 e. The van der Waals surface area contributed by atoms with E-state index in [2.05, 4.69) is 10.1 Å². The lowest BCUT2D eigenvalue weighted by molar-refractivity contribution is -0.138.